The van der Waals surface area contributed by atoms with Gasteiger partial charge in [0.15, 0.2) is 0 Å². The van der Waals surface area contributed by atoms with Crippen molar-refractivity contribution in [1.29, 1.82) is 0 Å². The monoisotopic (exact) mass is 295 g/mol. The Balaban J connectivity index is 1.85. The Morgan fingerprint density at radius 2 is 1.95 bits per heavy atom. The molecule has 0 aliphatic carbocycles. The van der Waals surface area contributed by atoms with Crippen LogP contribution in [0.3, 0.4) is 0 Å². The fourth-order valence-electron chi connectivity index (χ4n) is 2.48. The van der Waals surface area contributed by atoms with Gasteiger partial charge in [0.05, 0.1) is 6.61 Å². The summed E-state index contributed by atoms with van der Waals surface area (Å²) >= 11 is 0. The lowest BCUT2D eigenvalue weighted by Gasteiger charge is -2.26. The number of ether oxygens (including phenoxy) is 1. The molecule has 1 N–H and O–H groups in total. The van der Waals surface area contributed by atoms with Gasteiger partial charge in [-0.25, -0.2) is 0 Å². The van der Waals surface area contributed by atoms with Gasteiger partial charge in [-0.05, 0) is 43.9 Å². The molecular weight excluding hydrogens is 270 g/mol. The van der Waals surface area contributed by atoms with Crippen LogP contribution in [-0.4, -0.2) is 28.4 Å². The van der Waals surface area contributed by atoms with E-state index in [2.05, 4.69) is 31.3 Å². The van der Waals surface area contributed by atoms with Crippen molar-refractivity contribution in [3.05, 3.63) is 29.8 Å². The lowest BCUT2D eigenvalue weighted by molar-refractivity contribution is 0.317. The SMILES string of the molecule is CCCOc1ccc(C(C)NC2CCS(=O)CC2)cc1. The van der Waals surface area contributed by atoms with E-state index in [0.717, 1.165) is 43.1 Å². The molecule has 0 aromatic heterocycles. The lowest BCUT2D eigenvalue weighted by Crippen LogP contribution is -2.37. The largest absolute Gasteiger partial charge is 0.494 e. The smallest absolute Gasteiger partial charge is 0.119 e. The molecule has 2 rings (SSSR count). The summed E-state index contributed by atoms with van der Waals surface area (Å²) in [4.78, 5) is 0. The van der Waals surface area contributed by atoms with Crippen LogP contribution >= 0.6 is 0 Å². The molecule has 4 heteroatoms. The molecule has 1 saturated heterocycles. The predicted octanol–water partition coefficient (Wildman–Crippen LogP) is 3.04. The van der Waals surface area contributed by atoms with Crippen LogP contribution in [0.25, 0.3) is 0 Å². The van der Waals surface area contributed by atoms with E-state index in [-0.39, 0.29) is 0 Å². The average molecular weight is 295 g/mol. The first-order chi connectivity index (χ1) is 9.69. The van der Waals surface area contributed by atoms with E-state index < -0.39 is 10.8 Å². The van der Waals surface area contributed by atoms with Gasteiger partial charge in [-0.3, -0.25) is 4.21 Å². The highest BCUT2D eigenvalue weighted by molar-refractivity contribution is 7.85. The maximum Gasteiger partial charge on any atom is 0.119 e. The maximum atomic E-state index is 11.4. The predicted molar refractivity (Wildman–Crippen MR) is 84.7 cm³/mol. The minimum absolute atomic E-state index is 0.326. The summed E-state index contributed by atoms with van der Waals surface area (Å²) < 4.78 is 17.0. The Hall–Kier alpha value is -0.870. The van der Waals surface area contributed by atoms with Gasteiger partial charge < -0.3 is 10.1 Å². The van der Waals surface area contributed by atoms with Crippen molar-refractivity contribution in [2.45, 2.75) is 45.2 Å². The Kier molecular flexibility index (Phi) is 6.05. The minimum Gasteiger partial charge on any atom is -0.494 e. The molecule has 112 valence electrons. The quantitative estimate of drug-likeness (QED) is 0.876. The molecule has 20 heavy (non-hydrogen) atoms. The highest BCUT2D eigenvalue weighted by atomic mass is 32.2. The van der Waals surface area contributed by atoms with Crippen LogP contribution in [0.4, 0.5) is 0 Å². The van der Waals surface area contributed by atoms with Crippen LogP contribution in [0, 0.1) is 0 Å². The topological polar surface area (TPSA) is 38.3 Å². The van der Waals surface area contributed by atoms with Crippen LogP contribution in [0.5, 0.6) is 5.75 Å². The summed E-state index contributed by atoms with van der Waals surface area (Å²) in [5, 5.41) is 3.64. The van der Waals surface area contributed by atoms with E-state index in [0.29, 0.717) is 12.1 Å². The first-order valence-electron chi connectivity index (χ1n) is 7.53. The van der Waals surface area contributed by atoms with Gasteiger partial charge >= 0.3 is 0 Å². The molecule has 0 bridgehead atoms. The van der Waals surface area contributed by atoms with Gasteiger partial charge in [0.1, 0.15) is 5.75 Å². The van der Waals surface area contributed by atoms with Gasteiger partial charge in [-0.2, -0.15) is 0 Å². The van der Waals surface area contributed by atoms with E-state index in [1.165, 1.54) is 5.56 Å². The summed E-state index contributed by atoms with van der Waals surface area (Å²) in [6.45, 7) is 5.07. The van der Waals surface area contributed by atoms with Crippen molar-refractivity contribution in [3.8, 4) is 5.75 Å². The Bertz CT molecular complexity index is 423. The molecule has 1 aliphatic heterocycles. The summed E-state index contributed by atoms with van der Waals surface area (Å²) in [6, 6.07) is 9.16. The lowest BCUT2D eigenvalue weighted by atomic mass is 10.1. The number of benzene rings is 1. The van der Waals surface area contributed by atoms with Gasteiger partial charge in [-0.1, -0.05) is 19.1 Å². The van der Waals surface area contributed by atoms with E-state index >= 15 is 0 Å². The minimum atomic E-state index is -0.583. The highest BCUT2D eigenvalue weighted by Gasteiger charge is 2.19. The zero-order valence-electron chi connectivity index (χ0n) is 12.4. The van der Waals surface area contributed by atoms with Crippen molar-refractivity contribution in [2.24, 2.45) is 0 Å². The number of rotatable bonds is 6. The zero-order chi connectivity index (χ0) is 14.4. The van der Waals surface area contributed by atoms with Gasteiger partial charge in [-0.15, -0.1) is 0 Å². The second-order valence-corrected chi connectivity index (χ2v) is 7.12. The van der Waals surface area contributed by atoms with E-state index in [9.17, 15) is 4.21 Å². The molecule has 1 unspecified atom stereocenters. The zero-order valence-corrected chi connectivity index (χ0v) is 13.2. The van der Waals surface area contributed by atoms with E-state index in [1.807, 2.05) is 12.1 Å². The van der Waals surface area contributed by atoms with E-state index in [1.54, 1.807) is 0 Å². The van der Waals surface area contributed by atoms with Crippen molar-refractivity contribution in [1.82, 2.24) is 5.32 Å². The molecule has 1 heterocycles. The van der Waals surface area contributed by atoms with Gasteiger partial charge in [0.25, 0.3) is 0 Å². The molecular formula is C16H25NO2S. The van der Waals surface area contributed by atoms with Crippen LogP contribution < -0.4 is 10.1 Å². The van der Waals surface area contributed by atoms with Crippen molar-refractivity contribution < 1.29 is 8.95 Å². The van der Waals surface area contributed by atoms with Crippen LogP contribution in [0.1, 0.15) is 44.7 Å². The fourth-order valence-corrected chi connectivity index (χ4v) is 3.78. The molecule has 0 radical (unpaired) electrons. The number of hydrogen-bond donors (Lipinski definition) is 1. The van der Waals surface area contributed by atoms with Crippen molar-refractivity contribution in [2.75, 3.05) is 18.1 Å². The molecule has 0 spiro atoms. The standard InChI is InChI=1S/C16H25NO2S/c1-3-10-19-16-6-4-14(5-7-16)13(2)17-15-8-11-20(18)12-9-15/h4-7,13,15,17H,3,8-12H2,1-2H3. The first kappa shape index (κ1) is 15.5. The van der Waals surface area contributed by atoms with Crippen LogP contribution in [0.15, 0.2) is 24.3 Å². The Morgan fingerprint density at radius 3 is 2.55 bits per heavy atom. The highest BCUT2D eigenvalue weighted by Crippen LogP contribution is 2.20. The summed E-state index contributed by atoms with van der Waals surface area (Å²) in [6.07, 6.45) is 3.08. The van der Waals surface area contributed by atoms with Crippen LogP contribution in [0.2, 0.25) is 0 Å². The maximum absolute atomic E-state index is 11.4. The molecule has 1 fully saturated rings. The first-order valence-corrected chi connectivity index (χ1v) is 9.01. The van der Waals surface area contributed by atoms with Gasteiger partial charge in [0, 0.05) is 34.4 Å². The molecule has 1 atom stereocenters. The molecule has 0 amide bonds. The second-order valence-electron chi connectivity index (χ2n) is 5.43. The van der Waals surface area contributed by atoms with E-state index in [4.69, 9.17) is 4.74 Å². The number of nitrogens with one attached hydrogen (secondary N) is 1. The molecule has 1 aromatic rings. The molecule has 1 aromatic carbocycles. The Morgan fingerprint density at radius 1 is 1.30 bits per heavy atom. The second kappa shape index (κ2) is 7.79. The van der Waals surface area contributed by atoms with Crippen molar-refractivity contribution in [3.63, 3.8) is 0 Å². The summed E-state index contributed by atoms with van der Waals surface area (Å²) in [7, 11) is -0.583. The summed E-state index contributed by atoms with van der Waals surface area (Å²) in [5.41, 5.74) is 1.28. The summed E-state index contributed by atoms with van der Waals surface area (Å²) in [5.74, 6) is 2.62. The third-order valence-corrected chi connectivity index (χ3v) is 5.11. The number of hydrogen-bond acceptors (Lipinski definition) is 3. The Labute approximate surface area is 124 Å². The molecule has 0 saturated carbocycles. The average Bonchev–Trinajstić information content (AvgIpc) is 2.48. The normalized spacial score (nSPS) is 24.3. The third kappa shape index (κ3) is 4.60. The van der Waals surface area contributed by atoms with Gasteiger partial charge in [0.2, 0.25) is 0 Å². The third-order valence-electron chi connectivity index (χ3n) is 3.73. The molecule has 3 nitrogen and oxygen atoms in total. The van der Waals surface area contributed by atoms with Crippen molar-refractivity contribution >= 4 is 10.8 Å². The van der Waals surface area contributed by atoms with Crippen LogP contribution in [-0.2, 0) is 10.8 Å². The molecule has 1 aliphatic rings. The fraction of sp³-hybridized carbons (Fsp3) is 0.625.